The van der Waals surface area contributed by atoms with Gasteiger partial charge in [0.05, 0.1) is 23.1 Å². The van der Waals surface area contributed by atoms with Crippen LogP contribution in [0.2, 0.25) is 0 Å². The molecule has 0 aliphatic heterocycles. The number of hydrogen-bond donors (Lipinski definition) is 2. The van der Waals surface area contributed by atoms with Crippen molar-refractivity contribution in [1.82, 2.24) is 9.55 Å². The molecule has 5 heteroatoms. The summed E-state index contributed by atoms with van der Waals surface area (Å²) in [7, 11) is 0. The molecule has 90 valence electrons. The number of imidazole rings is 1. The van der Waals surface area contributed by atoms with E-state index in [-0.39, 0.29) is 11.6 Å². The summed E-state index contributed by atoms with van der Waals surface area (Å²) in [6.45, 7) is 4.44. The molecule has 0 amide bonds. The van der Waals surface area contributed by atoms with Gasteiger partial charge in [-0.25, -0.2) is 9.78 Å². The number of rotatable bonds is 3. The number of aromatic carboxylic acids is 1. The molecule has 2 rings (SSSR count). The maximum atomic E-state index is 10.9. The Morgan fingerprint density at radius 3 is 2.76 bits per heavy atom. The molecule has 3 N–H and O–H groups in total. The van der Waals surface area contributed by atoms with Gasteiger partial charge in [0.2, 0.25) is 0 Å². The van der Waals surface area contributed by atoms with Gasteiger partial charge in [-0.05, 0) is 32.0 Å². The fourth-order valence-electron chi connectivity index (χ4n) is 2.00. The van der Waals surface area contributed by atoms with Gasteiger partial charge in [0.1, 0.15) is 5.82 Å². The molecular weight excluding hydrogens is 218 g/mol. The Kier molecular flexibility index (Phi) is 2.85. The van der Waals surface area contributed by atoms with Gasteiger partial charge in [0.15, 0.2) is 0 Å². The highest BCUT2D eigenvalue weighted by atomic mass is 16.4. The lowest BCUT2D eigenvalue weighted by Crippen LogP contribution is -2.10. The second-order valence-corrected chi connectivity index (χ2v) is 4.20. The van der Waals surface area contributed by atoms with E-state index in [9.17, 15) is 4.79 Å². The van der Waals surface area contributed by atoms with Gasteiger partial charge in [0.25, 0.3) is 0 Å². The summed E-state index contributed by atoms with van der Waals surface area (Å²) in [4.78, 5) is 15.3. The summed E-state index contributed by atoms with van der Waals surface area (Å²) >= 11 is 0. The summed E-state index contributed by atoms with van der Waals surface area (Å²) in [5.74, 6) is -0.169. The molecule has 1 heterocycles. The smallest absolute Gasteiger partial charge is 0.335 e. The van der Waals surface area contributed by atoms with E-state index in [1.807, 2.05) is 18.4 Å². The maximum Gasteiger partial charge on any atom is 0.335 e. The van der Waals surface area contributed by atoms with Crippen LogP contribution in [0.1, 0.15) is 36.1 Å². The van der Waals surface area contributed by atoms with Crippen LogP contribution in [0.4, 0.5) is 0 Å². The van der Waals surface area contributed by atoms with E-state index in [1.165, 1.54) is 0 Å². The number of fused-ring (bicyclic) bond motifs is 1. The molecule has 5 nitrogen and oxygen atoms in total. The largest absolute Gasteiger partial charge is 0.478 e. The number of carbonyl (C=O) groups is 1. The molecule has 0 saturated carbocycles. The Bertz CT molecular complexity index is 572. The highest BCUT2D eigenvalue weighted by molar-refractivity contribution is 5.92. The van der Waals surface area contributed by atoms with Crippen LogP contribution in [0.5, 0.6) is 0 Å². The van der Waals surface area contributed by atoms with Crippen molar-refractivity contribution in [1.29, 1.82) is 0 Å². The second-order valence-electron chi connectivity index (χ2n) is 4.20. The third-order valence-electron chi connectivity index (χ3n) is 2.71. The molecule has 0 unspecified atom stereocenters. The molecule has 0 spiro atoms. The first kappa shape index (κ1) is 11.6. The zero-order valence-corrected chi connectivity index (χ0v) is 9.84. The number of hydrogen-bond acceptors (Lipinski definition) is 3. The second kappa shape index (κ2) is 4.18. The first-order valence-electron chi connectivity index (χ1n) is 5.48. The molecule has 0 aliphatic rings. The van der Waals surface area contributed by atoms with Crippen LogP contribution in [0.15, 0.2) is 18.2 Å². The van der Waals surface area contributed by atoms with Gasteiger partial charge < -0.3 is 15.4 Å². The van der Waals surface area contributed by atoms with Crippen molar-refractivity contribution in [3.8, 4) is 0 Å². The van der Waals surface area contributed by atoms with Crippen LogP contribution in [0.3, 0.4) is 0 Å². The van der Waals surface area contributed by atoms with Crippen molar-refractivity contribution in [3.63, 3.8) is 0 Å². The quantitative estimate of drug-likeness (QED) is 0.846. The Labute approximate surface area is 98.9 Å². The standard InChI is InChI=1S/C12H15N3O2/c1-7(2)15-10-4-3-8(12(16)17)5-9(10)14-11(15)6-13/h3-5,7H,6,13H2,1-2H3,(H,16,17). The number of carboxylic acid groups (broad SMARTS) is 1. The van der Waals surface area contributed by atoms with Gasteiger partial charge in [0, 0.05) is 6.04 Å². The molecule has 0 bridgehead atoms. The van der Waals surface area contributed by atoms with Gasteiger partial charge >= 0.3 is 5.97 Å². The molecule has 0 saturated heterocycles. The molecule has 0 atom stereocenters. The molecule has 0 radical (unpaired) electrons. The minimum atomic E-state index is -0.944. The van der Waals surface area contributed by atoms with E-state index < -0.39 is 5.97 Å². The van der Waals surface area contributed by atoms with Gasteiger partial charge in [-0.2, -0.15) is 0 Å². The molecule has 0 aliphatic carbocycles. The average Bonchev–Trinajstić information content (AvgIpc) is 2.65. The molecule has 2 aromatic rings. The van der Waals surface area contributed by atoms with Gasteiger partial charge in [-0.3, -0.25) is 0 Å². The number of carboxylic acids is 1. The zero-order valence-electron chi connectivity index (χ0n) is 9.84. The fraction of sp³-hybridized carbons (Fsp3) is 0.333. The first-order valence-corrected chi connectivity index (χ1v) is 5.48. The van der Waals surface area contributed by atoms with E-state index in [1.54, 1.807) is 18.2 Å². The predicted octanol–water partition coefficient (Wildman–Crippen LogP) is 1.77. The normalized spacial score (nSPS) is 11.3. The lowest BCUT2D eigenvalue weighted by atomic mass is 10.2. The third-order valence-corrected chi connectivity index (χ3v) is 2.71. The van der Waals surface area contributed by atoms with Crippen molar-refractivity contribution in [2.45, 2.75) is 26.4 Å². The Morgan fingerprint density at radius 2 is 2.24 bits per heavy atom. The monoisotopic (exact) mass is 233 g/mol. The van der Waals surface area contributed by atoms with Gasteiger partial charge in [-0.1, -0.05) is 0 Å². The topological polar surface area (TPSA) is 81.1 Å². The SMILES string of the molecule is CC(C)n1c(CN)nc2cc(C(=O)O)ccc21. The van der Waals surface area contributed by atoms with Crippen molar-refractivity contribution < 1.29 is 9.90 Å². The average molecular weight is 233 g/mol. The molecular formula is C12H15N3O2. The maximum absolute atomic E-state index is 10.9. The summed E-state index contributed by atoms with van der Waals surface area (Å²) in [6, 6.07) is 5.20. The van der Waals surface area contributed by atoms with Crippen molar-refractivity contribution in [2.24, 2.45) is 5.73 Å². The molecule has 0 fully saturated rings. The fourth-order valence-corrected chi connectivity index (χ4v) is 2.00. The van der Waals surface area contributed by atoms with Crippen LogP contribution in [-0.4, -0.2) is 20.6 Å². The minimum Gasteiger partial charge on any atom is -0.478 e. The summed E-state index contributed by atoms with van der Waals surface area (Å²) in [5.41, 5.74) is 7.50. The number of benzene rings is 1. The zero-order chi connectivity index (χ0) is 12.6. The lowest BCUT2D eigenvalue weighted by molar-refractivity contribution is 0.0697. The van der Waals surface area contributed by atoms with E-state index in [0.29, 0.717) is 12.1 Å². The molecule has 1 aromatic heterocycles. The van der Waals surface area contributed by atoms with Crippen LogP contribution >= 0.6 is 0 Å². The highest BCUT2D eigenvalue weighted by Crippen LogP contribution is 2.22. The van der Waals surface area contributed by atoms with E-state index >= 15 is 0 Å². The first-order chi connectivity index (χ1) is 8.04. The van der Waals surface area contributed by atoms with Crippen LogP contribution in [0.25, 0.3) is 11.0 Å². The van der Waals surface area contributed by atoms with Crippen molar-refractivity contribution in [2.75, 3.05) is 0 Å². The Balaban J connectivity index is 2.69. The highest BCUT2D eigenvalue weighted by Gasteiger charge is 2.13. The Hall–Kier alpha value is -1.88. The lowest BCUT2D eigenvalue weighted by Gasteiger charge is -2.11. The summed E-state index contributed by atoms with van der Waals surface area (Å²) in [6.07, 6.45) is 0. The van der Waals surface area contributed by atoms with E-state index in [4.69, 9.17) is 10.8 Å². The van der Waals surface area contributed by atoms with Crippen molar-refractivity contribution >= 4 is 17.0 Å². The summed E-state index contributed by atoms with van der Waals surface area (Å²) in [5, 5.41) is 8.93. The van der Waals surface area contributed by atoms with Gasteiger partial charge in [-0.15, -0.1) is 0 Å². The minimum absolute atomic E-state index is 0.245. The van der Waals surface area contributed by atoms with Crippen LogP contribution in [0, 0.1) is 0 Å². The van der Waals surface area contributed by atoms with E-state index in [0.717, 1.165) is 11.3 Å². The summed E-state index contributed by atoms with van der Waals surface area (Å²) < 4.78 is 2.03. The number of aromatic nitrogens is 2. The van der Waals surface area contributed by atoms with E-state index in [2.05, 4.69) is 4.98 Å². The molecule has 17 heavy (non-hydrogen) atoms. The van der Waals surface area contributed by atoms with Crippen LogP contribution < -0.4 is 5.73 Å². The van der Waals surface area contributed by atoms with Crippen molar-refractivity contribution in [3.05, 3.63) is 29.6 Å². The number of nitrogens with zero attached hydrogens (tertiary/aromatic N) is 2. The predicted molar refractivity (Wildman–Crippen MR) is 65.0 cm³/mol. The number of nitrogens with two attached hydrogens (primary N) is 1. The molecule has 1 aromatic carbocycles. The Morgan fingerprint density at radius 1 is 1.53 bits per heavy atom. The van der Waals surface area contributed by atoms with Crippen LogP contribution in [-0.2, 0) is 6.54 Å². The third kappa shape index (κ3) is 1.89.